The second kappa shape index (κ2) is 2.85. The molecular weight excluding hydrogens is 166 g/mol. The third-order valence-electron chi connectivity index (χ3n) is 1.46. The fourth-order valence-electron chi connectivity index (χ4n) is 0.696. The molecule has 0 aromatic carbocycles. The Morgan fingerprint density at radius 2 is 2.18 bits per heavy atom. The van der Waals surface area contributed by atoms with Gasteiger partial charge in [0.2, 0.25) is 0 Å². The molecule has 0 bridgehead atoms. The third-order valence-corrected chi connectivity index (χ3v) is 1.66. The summed E-state index contributed by atoms with van der Waals surface area (Å²) in [4.78, 5) is 4.68. The first-order valence-corrected chi connectivity index (χ1v) is 3.58. The lowest BCUT2D eigenvalue weighted by Gasteiger charge is -2.17. The van der Waals surface area contributed by atoms with E-state index in [1.165, 1.54) is 0 Å². The molecule has 0 aliphatic heterocycles. The number of rotatable bonds is 2. The molecule has 0 spiro atoms. The van der Waals surface area contributed by atoms with E-state index in [0.717, 1.165) is 0 Å². The quantitative estimate of drug-likeness (QED) is 0.700. The fraction of sp³-hybridized carbons (Fsp3) is 0.429. The molecule has 1 rings (SSSR count). The maximum Gasteiger partial charge on any atom is 0.193 e. The van der Waals surface area contributed by atoms with Crippen LogP contribution >= 0.6 is 11.6 Å². The molecular formula is C7H10ClNO2. The summed E-state index contributed by atoms with van der Waals surface area (Å²) >= 11 is 5.56. The molecule has 0 radical (unpaired) electrons. The highest BCUT2D eigenvalue weighted by molar-refractivity contribution is 6.28. The molecule has 0 atom stereocenters. The Morgan fingerprint density at radius 1 is 1.55 bits per heavy atom. The average molecular weight is 176 g/mol. The minimum atomic E-state index is -0.618. The van der Waals surface area contributed by atoms with E-state index >= 15 is 0 Å². The van der Waals surface area contributed by atoms with E-state index in [0.29, 0.717) is 11.0 Å². The minimum Gasteiger partial charge on any atom is -0.447 e. The van der Waals surface area contributed by atoms with Gasteiger partial charge in [-0.1, -0.05) is 0 Å². The molecule has 3 nitrogen and oxygen atoms in total. The van der Waals surface area contributed by atoms with Crippen molar-refractivity contribution >= 4 is 11.6 Å². The van der Waals surface area contributed by atoms with Crippen molar-refractivity contribution in [2.24, 2.45) is 5.90 Å². The first kappa shape index (κ1) is 8.59. The van der Waals surface area contributed by atoms with Gasteiger partial charge in [-0.2, -0.15) is 0 Å². The zero-order valence-corrected chi connectivity index (χ0v) is 7.18. The summed E-state index contributed by atoms with van der Waals surface area (Å²) in [7, 11) is 0. The maximum absolute atomic E-state index is 5.56. The van der Waals surface area contributed by atoms with Crippen LogP contribution in [0.5, 0.6) is 0 Å². The molecule has 0 unspecified atom stereocenters. The lowest BCUT2D eigenvalue weighted by Crippen LogP contribution is -2.24. The molecule has 62 valence electrons. The Bertz CT molecular complexity index is 244. The van der Waals surface area contributed by atoms with Crippen LogP contribution in [-0.2, 0) is 10.4 Å². The summed E-state index contributed by atoms with van der Waals surface area (Å²) in [6.45, 7) is 3.59. The van der Waals surface area contributed by atoms with Gasteiger partial charge in [0.15, 0.2) is 5.22 Å². The zero-order chi connectivity index (χ0) is 8.48. The van der Waals surface area contributed by atoms with Crippen molar-refractivity contribution in [1.29, 1.82) is 0 Å². The van der Waals surface area contributed by atoms with Crippen molar-refractivity contribution < 1.29 is 9.25 Å². The monoisotopic (exact) mass is 175 g/mol. The fourth-order valence-corrected chi connectivity index (χ4v) is 0.842. The highest BCUT2D eigenvalue weighted by Gasteiger charge is 2.24. The van der Waals surface area contributed by atoms with Crippen LogP contribution in [0.25, 0.3) is 0 Å². The highest BCUT2D eigenvalue weighted by atomic mass is 35.5. The van der Waals surface area contributed by atoms with Crippen LogP contribution in [0.4, 0.5) is 0 Å². The maximum atomic E-state index is 5.56. The Morgan fingerprint density at radius 3 is 2.55 bits per heavy atom. The van der Waals surface area contributed by atoms with E-state index in [1.807, 2.05) is 0 Å². The van der Waals surface area contributed by atoms with E-state index in [4.69, 9.17) is 21.9 Å². The molecule has 1 heterocycles. The largest absolute Gasteiger partial charge is 0.447 e. The molecule has 0 aliphatic rings. The van der Waals surface area contributed by atoms with E-state index < -0.39 is 5.60 Å². The van der Waals surface area contributed by atoms with Crippen LogP contribution < -0.4 is 5.90 Å². The topological polar surface area (TPSA) is 48.4 Å². The van der Waals surface area contributed by atoms with Gasteiger partial charge < -0.3 is 4.42 Å². The molecule has 1 aromatic heterocycles. The number of hydrogen-bond donors (Lipinski definition) is 1. The SMILES string of the molecule is CC(C)(ON)c1ccc(Cl)o1. The number of halogens is 1. The van der Waals surface area contributed by atoms with Crippen molar-refractivity contribution in [2.45, 2.75) is 19.4 Å². The first-order valence-electron chi connectivity index (χ1n) is 3.20. The molecule has 0 fully saturated rings. The summed E-state index contributed by atoms with van der Waals surface area (Å²) in [5.74, 6) is 5.66. The van der Waals surface area contributed by atoms with E-state index in [9.17, 15) is 0 Å². The molecule has 4 heteroatoms. The van der Waals surface area contributed by atoms with Crippen LogP contribution in [0.2, 0.25) is 5.22 Å². The predicted molar refractivity (Wildman–Crippen MR) is 42.0 cm³/mol. The average Bonchev–Trinajstić information content (AvgIpc) is 2.36. The third kappa shape index (κ3) is 1.74. The standard InChI is InChI=1S/C7H10ClNO2/c1-7(2,11-9)5-3-4-6(8)10-5/h3-4H,9H2,1-2H3. The predicted octanol–water partition coefficient (Wildman–Crippen LogP) is 2.06. The Balaban J connectivity index is 2.92. The summed E-state index contributed by atoms with van der Waals surface area (Å²) < 4.78 is 5.10. The van der Waals surface area contributed by atoms with Crippen molar-refractivity contribution in [3.63, 3.8) is 0 Å². The van der Waals surface area contributed by atoms with Gasteiger partial charge in [0.05, 0.1) is 0 Å². The summed E-state index contributed by atoms with van der Waals surface area (Å²) in [6.07, 6.45) is 0. The van der Waals surface area contributed by atoms with Gasteiger partial charge in [0.25, 0.3) is 0 Å². The van der Waals surface area contributed by atoms with Crippen LogP contribution in [0.3, 0.4) is 0 Å². The second-order valence-electron chi connectivity index (χ2n) is 2.73. The van der Waals surface area contributed by atoms with Crippen molar-refractivity contribution in [1.82, 2.24) is 0 Å². The lowest BCUT2D eigenvalue weighted by atomic mass is 10.1. The summed E-state index contributed by atoms with van der Waals surface area (Å²) in [6, 6.07) is 3.38. The van der Waals surface area contributed by atoms with Crippen molar-refractivity contribution in [3.8, 4) is 0 Å². The van der Waals surface area contributed by atoms with E-state index in [2.05, 4.69) is 4.84 Å². The van der Waals surface area contributed by atoms with Gasteiger partial charge in [-0.05, 0) is 37.6 Å². The van der Waals surface area contributed by atoms with Gasteiger partial charge in [0, 0.05) is 0 Å². The lowest BCUT2D eigenvalue weighted by molar-refractivity contribution is -0.0387. The Kier molecular flexibility index (Phi) is 2.23. The van der Waals surface area contributed by atoms with Crippen molar-refractivity contribution in [3.05, 3.63) is 23.1 Å². The zero-order valence-electron chi connectivity index (χ0n) is 6.43. The van der Waals surface area contributed by atoms with Crippen LogP contribution in [0.15, 0.2) is 16.5 Å². The second-order valence-corrected chi connectivity index (χ2v) is 3.10. The number of hydrogen-bond acceptors (Lipinski definition) is 3. The van der Waals surface area contributed by atoms with Gasteiger partial charge in [-0.3, -0.25) is 4.84 Å². The summed E-state index contributed by atoms with van der Waals surface area (Å²) in [5.41, 5.74) is -0.618. The highest BCUT2D eigenvalue weighted by Crippen LogP contribution is 2.26. The number of nitrogens with two attached hydrogens (primary N) is 1. The normalized spacial score (nSPS) is 12.0. The van der Waals surface area contributed by atoms with Gasteiger partial charge in [-0.15, -0.1) is 0 Å². The molecule has 1 aromatic rings. The van der Waals surface area contributed by atoms with Gasteiger partial charge in [0.1, 0.15) is 11.4 Å². The smallest absolute Gasteiger partial charge is 0.193 e. The molecule has 0 saturated carbocycles. The summed E-state index contributed by atoms with van der Waals surface area (Å²) in [5, 5.41) is 0.338. The molecule has 0 aliphatic carbocycles. The molecule has 0 amide bonds. The first-order chi connectivity index (χ1) is 5.06. The molecule has 11 heavy (non-hydrogen) atoms. The Labute approximate surface area is 70.0 Å². The number of furan rings is 1. The Hall–Kier alpha value is -0.510. The van der Waals surface area contributed by atoms with Crippen molar-refractivity contribution in [2.75, 3.05) is 0 Å². The van der Waals surface area contributed by atoms with E-state index in [1.54, 1.807) is 26.0 Å². The van der Waals surface area contributed by atoms with Gasteiger partial charge >= 0.3 is 0 Å². The minimum absolute atomic E-state index is 0.338. The van der Waals surface area contributed by atoms with Crippen LogP contribution in [-0.4, -0.2) is 0 Å². The van der Waals surface area contributed by atoms with E-state index in [-0.39, 0.29) is 0 Å². The molecule has 0 saturated heterocycles. The molecule has 2 N–H and O–H groups in total. The van der Waals surface area contributed by atoms with Crippen LogP contribution in [0, 0.1) is 0 Å². The van der Waals surface area contributed by atoms with Crippen LogP contribution in [0.1, 0.15) is 19.6 Å². The van der Waals surface area contributed by atoms with Gasteiger partial charge in [-0.25, -0.2) is 5.90 Å².